The summed E-state index contributed by atoms with van der Waals surface area (Å²) in [4.78, 5) is 23.6. The Labute approximate surface area is 143 Å². The second-order valence-corrected chi connectivity index (χ2v) is 5.63. The predicted octanol–water partition coefficient (Wildman–Crippen LogP) is 3.11. The molecule has 6 heteroatoms. The topological polar surface area (TPSA) is 83.6 Å². The molecule has 0 spiro atoms. The lowest BCUT2D eigenvalue weighted by molar-refractivity contribution is -0.0648. The molecule has 0 heterocycles. The van der Waals surface area contributed by atoms with Gasteiger partial charge in [-0.15, -0.1) is 0 Å². The Morgan fingerprint density at radius 1 is 0.960 bits per heavy atom. The standard InChI is InChI=1S/C19H15FN2O3/c20-17-3-1-2-12(8-17)11-22(25)19(24)16-7-5-13-9-15(18(21)23)6-4-14(13)10-16/h1-10,25H,11H2,(H2,21,23). The van der Waals surface area contributed by atoms with Crippen LogP contribution in [0.25, 0.3) is 10.8 Å². The van der Waals surface area contributed by atoms with Crippen LogP contribution in [0.5, 0.6) is 0 Å². The minimum absolute atomic E-state index is 0.130. The van der Waals surface area contributed by atoms with E-state index in [-0.39, 0.29) is 12.1 Å². The first kappa shape index (κ1) is 16.6. The summed E-state index contributed by atoms with van der Waals surface area (Å²) in [6.45, 7) is -0.130. The fourth-order valence-electron chi connectivity index (χ4n) is 2.56. The molecule has 0 radical (unpaired) electrons. The van der Waals surface area contributed by atoms with Gasteiger partial charge in [-0.2, -0.15) is 0 Å². The Morgan fingerprint density at radius 3 is 2.24 bits per heavy atom. The van der Waals surface area contributed by atoms with Crippen molar-refractivity contribution >= 4 is 22.6 Å². The van der Waals surface area contributed by atoms with Crippen LogP contribution in [0.15, 0.2) is 60.7 Å². The van der Waals surface area contributed by atoms with Crippen molar-refractivity contribution in [3.8, 4) is 0 Å². The number of rotatable bonds is 4. The first-order chi connectivity index (χ1) is 11.9. The average Bonchev–Trinajstić information content (AvgIpc) is 2.60. The third kappa shape index (κ3) is 3.64. The summed E-state index contributed by atoms with van der Waals surface area (Å²) in [6.07, 6.45) is 0. The molecule has 0 saturated carbocycles. The lowest BCUT2D eigenvalue weighted by atomic mass is 10.0. The Morgan fingerprint density at radius 2 is 1.60 bits per heavy atom. The molecule has 3 aromatic rings. The van der Waals surface area contributed by atoms with E-state index in [0.29, 0.717) is 16.2 Å². The van der Waals surface area contributed by atoms with E-state index in [4.69, 9.17) is 5.73 Å². The molecule has 3 N–H and O–H groups in total. The number of benzene rings is 3. The third-order valence-electron chi connectivity index (χ3n) is 3.83. The molecule has 0 aromatic heterocycles. The molecule has 25 heavy (non-hydrogen) atoms. The molecule has 0 atom stereocenters. The number of hydrogen-bond donors (Lipinski definition) is 2. The van der Waals surface area contributed by atoms with Gasteiger partial charge in [0.15, 0.2) is 0 Å². The van der Waals surface area contributed by atoms with Gasteiger partial charge in [-0.25, -0.2) is 9.45 Å². The van der Waals surface area contributed by atoms with Crippen LogP contribution in [-0.2, 0) is 6.54 Å². The van der Waals surface area contributed by atoms with E-state index in [0.717, 1.165) is 10.8 Å². The Bertz CT molecular complexity index is 972. The van der Waals surface area contributed by atoms with Gasteiger partial charge < -0.3 is 5.73 Å². The molecule has 0 fully saturated rings. The van der Waals surface area contributed by atoms with Crippen LogP contribution in [0.3, 0.4) is 0 Å². The lowest BCUT2D eigenvalue weighted by Gasteiger charge is -2.15. The van der Waals surface area contributed by atoms with Gasteiger partial charge in [0.1, 0.15) is 5.82 Å². The lowest BCUT2D eigenvalue weighted by Crippen LogP contribution is -2.26. The summed E-state index contributed by atoms with van der Waals surface area (Å²) in [7, 11) is 0. The molecule has 0 unspecified atom stereocenters. The third-order valence-corrected chi connectivity index (χ3v) is 3.83. The van der Waals surface area contributed by atoms with E-state index in [1.54, 1.807) is 42.5 Å². The zero-order valence-electron chi connectivity index (χ0n) is 13.1. The molecular weight excluding hydrogens is 323 g/mol. The van der Waals surface area contributed by atoms with Crippen LogP contribution < -0.4 is 5.73 Å². The Hall–Kier alpha value is -3.25. The first-order valence-corrected chi connectivity index (χ1v) is 7.53. The molecule has 2 amide bonds. The van der Waals surface area contributed by atoms with Crippen LogP contribution in [0.1, 0.15) is 26.3 Å². The Balaban J connectivity index is 1.83. The molecule has 3 rings (SSSR count). The number of carbonyl (C=O) groups excluding carboxylic acids is 2. The van der Waals surface area contributed by atoms with E-state index in [1.165, 1.54) is 18.2 Å². The van der Waals surface area contributed by atoms with Crippen LogP contribution >= 0.6 is 0 Å². The van der Waals surface area contributed by atoms with E-state index in [1.807, 2.05) is 0 Å². The normalized spacial score (nSPS) is 10.6. The van der Waals surface area contributed by atoms with Gasteiger partial charge in [-0.3, -0.25) is 14.8 Å². The van der Waals surface area contributed by atoms with Crippen molar-refractivity contribution in [3.05, 3.63) is 83.2 Å². The number of nitrogens with two attached hydrogens (primary N) is 1. The number of hydroxylamine groups is 2. The zero-order chi connectivity index (χ0) is 18.0. The Kier molecular flexibility index (Phi) is 4.45. The molecule has 0 bridgehead atoms. The molecule has 0 aliphatic carbocycles. The minimum Gasteiger partial charge on any atom is -0.366 e. The summed E-state index contributed by atoms with van der Waals surface area (Å²) in [5, 5.41) is 12.0. The number of nitrogens with zero attached hydrogens (tertiary/aromatic N) is 1. The van der Waals surface area contributed by atoms with Crippen molar-refractivity contribution in [2.24, 2.45) is 5.73 Å². The molecule has 0 saturated heterocycles. The maximum absolute atomic E-state index is 13.2. The minimum atomic E-state index is -0.606. The van der Waals surface area contributed by atoms with Gasteiger partial charge >= 0.3 is 0 Å². The SMILES string of the molecule is NC(=O)c1ccc2cc(C(=O)N(O)Cc3cccc(F)c3)ccc2c1. The number of hydrogen-bond acceptors (Lipinski definition) is 3. The highest BCUT2D eigenvalue weighted by atomic mass is 19.1. The van der Waals surface area contributed by atoms with Gasteiger partial charge in [-0.1, -0.05) is 24.3 Å². The molecule has 126 valence electrons. The maximum atomic E-state index is 13.2. The highest BCUT2D eigenvalue weighted by Gasteiger charge is 2.15. The van der Waals surface area contributed by atoms with Crippen molar-refractivity contribution in [1.82, 2.24) is 5.06 Å². The highest BCUT2D eigenvalue weighted by molar-refractivity contribution is 6.01. The van der Waals surface area contributed by atoms with Gasteiger partial charge in [0.25, 0.3) is 5.91 Å². The molecule has 5 nitrogen and oxygen atoms in total. The van der Waals surface area contributed by atoms with Crippen molar-refractivity contribution in [2.75, 3.05) is 0 Å². The van der Waals surface area contributed by atoms with Crippen LogP contribution in [0.2, 0.25) is 0 Å². The van der Waals surface area contributed by atoms with Gasteiger partial charge in [-0.05, 0) is 52.7 Å². The molecule has 0 aliphatic heterocycles. The van der Waals surface area contributed by atoms with Crippen LogP contribution in [-0.4, -0.2) is 22.1 Å². The summed E-state index contributed by atoms with van der Waals surface area (Å²) in [5.74, 6) is -1.57. The zero-order valence-corrected chi connectivity index (χ0v) is 13.1. The summed E-state index contributed by atoms with van der Waals surface area (Å²) in [5.41, 5.74) is 6.37. The van der Waals surface area contributed by atoms with Gasteiger partial charge in [0, 0.05) is 11.1 Å². The second-order valence-electron chi connectivity index (χ2n) is 5.63. The summed E-state index contributed by atoms with van der Waals surface area (Å²) < 4.78 is 13.2. The molecule has 0 aliphatic rings. The second kappa shape index (κ2) is 6.70. The number of halogens is 1. The van der Waals surface area contributed by atoms with E-state index >= 15 is 0 Å². The number of primary amides is 1. The van der Waals surface area contributed by atoms with Crippen LogP contribution in [0, 0.1) is 5.82 Å². The van der Waals surface area contributed by atoms with Crippen molar-refractivity contribution in [3.63, 3.8) is 0 Å². The van der Waals surface area contributed by atoms with E-state index < -0.39 is 17.6 Å². The van der Waals surface area contributed by atoms with Crippen molar-refractivity contribution in [2.45, 2.75) is 6.54 Å². The predicted molar refractivity (Wildman–Crippen MR) is 90.5 cm³/mol. The summed E-state index contributed by atoms with van der Waals surface area (Å²) in [6, 6.07) is 15.4. The molecular formula is C19H15FN2O3. The monoisotopic (exact) mass is 338 g/mol. The fraction of sp³-hybridized carbons (Fsp3) is 0.0526. The fourth-order valence-corrected chi connectivity index (χ4v) is 2.56. The number of carbonyl (C=O) groups is 2. The largest absolute Gasteiger partial charge is 0.366 e. The van der Waals surface area contributed by atoms with Gasteiger partial charge in [0.2, 0.25) is 5.91 Å². The van der Waals surface area contributed by atoms with E-state index in [2.05, 4.69) is 0 Å². The smallest absolute Gasteiger partial charge is 0.277 e. The average molecular weight is 338 g/mol. The first-order valence-electron chi connectivity index (χ1n) is 7.53. The molecule has 3 aromatic carbocycles. The maximum Gasteiger partial charge on any atom is 0.277 e. The van der Waals surface area contributed by atoms with Gasteiger partial charge in [0.05, 0.1) is 6.54 Å². The van der Waals surface area contributed by atoms with Crippen molar-refractivity contribution < 1.29 is 19.2 Å². The highest BCUT2D eigenvalue weighted by Crippen LogP contribution is 2.19. The quantitative estimate of drug-likeness (QED) is 0.566. The van der Waals surface area contributed by atoms with E-state index in [9.17, 15) is 19.2 Å². The number of fused-ring (bicyclic) bond motifs is 1. The van der Waals surface area contributed by atoms with Crippen molar-refractivity contribution in [1.29, 1.82) is 0 Å². The number of amides is 2. The van der Waals surface area contributed by atoms with Crippen LogP contribution in [0.4, 0.5) is 4.39 Å². The summed E-state index contributed by atoms with van der Waals surface area (Å²) >= 11 is 0.